The average Bonchev–Trinajstić information content (AvgIpc) is 3.23. The molecule has 3 aromatic heterocycles. The average molecular weight is 493 g/mol. The predicted molar refractivity (Wildman–Crippen MR) is 138 cm³/mol. The molecule has 7 nitrogen and oxygen atoms in total. The third kappa shape index (κ3) is 4.99. The molecule has 34 heavy (non-hydrogen) atoms. The number of hydrogen-bond donors (Lipinski definition) is 2. The molecule has 1 aromatic carbocycles. The zero-order valence-electron chi connectivity index (χ0n) is 18.6. The smallest absolute Gasteiger partial charge is 0.261 e. The molecule has 1 fully saturated rings. The number of amides is 1. The monoisotopic (exact) mass is 492 g/mol. The number of thiophene rings is 1. The maximum absolute atomic E-state index is 12.8. The molecule has 4 aromatic rings. The molecule has 9 heteroatoms. The van der Waals surface area contributed by atoms with E-state index in [0.717, 1.165) is 59.8 Å². The Hall–Kier alpha value is -3.20. The lowest BCUT2D eigenvalue weighted by molar-refractivity contribution is 0.0955. The predicted octanol–water partition coefficient (Wildman–Crippen LogP) is 4.18. The number of fused-ring (bicyclic) bond motifs is 1. The van der Waals surface area contributed by atoms with Gasteiger partial charge in [-0.2, -0.15) is 0 Å². The summed E-state index contributed by atoms with van der Waals surface area (Å²) < 4.78 is 0. The molecular weight excluding hydrogens is 468 g/mol. The Morgan fingerprint density at radius 1 is 1.06 bits per heavy atom. The number of anilines is 2. The third-order valence-corrected chi connectivity index (χ3v) is 7.57. The summed E-state index contributed by atoms with van der Waals surface area (Å²) in [6.07, 6.45) is 3.51. The van der Waals surface area contributed by atoms with E-state index in [2.05, 4.69) is 25.1 Å². The van der Waals surface area contributed by atoms with Gasteiger partial charge in [0.1, 0.15) is 11.6 Å². The van der Waals surface area contributed by atoms with E-state index >= 15 is 0 Å². The minimum Gasteiger partial charge on any atom is -0.383 e. The lowest BCUT2D eigenvalue weighted by Gasteiger charge is -2.35. The van der Waals surface area contributed by atoms with Crippen LogP contribution in [0.25, 0.3) is 10.8 Å². The number of benzene rings is 1. The number of nitrogens with zero attached hydrogens (tertiary/aromatic N) is 4. The molecule has 0 unspecified atom stereocenters. The van der Waals surface area contributed by atoms with Gasteiger partial charge in [-0.3, -0.25) is 9.69 Å². The van der Waals surface area contributed by atoms with Crippen LogP contribution in [0.3, 0.4) is 0 Å². The number of piperazine rings is 1. The number of halogens is 1. The van der Waals surface area contributed by atoms with Gasteiger partial charge in [0, 0.05) is 61.9 Å². The molecular formula is C25H25ClN6OS. The van der Waals surface area contributed by atoms with Crippen LogP contribution in [0, 0.1) is 0 Å². The van der Waals surface area contributed by atoms with Crippen LogP contribution in [-0.4, -0.2) is 47.0 Å². The van der Waals surface area contributed by atoms with Gasteiger partial charge in [0.2, 0.25) is 0 Å². The van der Waals surface area contributed by atoms with Crippen LogP contribution in [0.1, 0.15) is 20.1 Å². The number of carbonyl (C=O) groups is 1. The SMILES string of the molecule is Nc1nccc2cc(CNC(=O)c3cc(Cl)c(CN4CCN(c5ccccn5)CC4)s3)ccc12. The summed E-state index contributed by atoms with van der Waals surface area (Å²) in [6, 6.07) is 15.6. The molecule has 0 saturated carbocycles. The van der Waals surface area contributed by atoms with Crippen molar-refractivity contribution in [3.63, 3.8) is 0 Å². The topological polar surface area (TPSA) is 87.4 Å². The van der Waals surface area contributed by atoms with Gasteiger partial charge in [0.05, 0.1) is 9.90 Å². The summed E-state index contributed by atoms with van der Waals surface area (Å²) in [7, 11) is 0. The number of hydrogen-bond acceptors (Lipinski definition) is 7. The summed E-state index contributed by atoms with van der Waals surface area (Å²) in [6.45, 7) is 4.86. The number of rotatable bonds is 6. The highest BCUT2D eigenvalue weighted by Crippen LogP contribution is 2.29. The molecule has 0 bridgehead atoms. The molecule has 3 N–H and O–H groups in total. The molecule has 0 aliphatic carbocycles. The van der Waals surface area contributed by atoms with E-state index in [-0.39, 0.29) is 5.91 Å². The van der Waals surface area contributed by atoms with E-state index in [4.69, 9.17) is 17.3 Å². The van der Waals surface area contributed by atoms with Gasteiger partial charge in [-0.1, -0.05) is 29.8 Å². The Kier molecular flexibility index (Phi) is 6.62. The fraction of sp³-hybridized carbons (Fsp3) is 0.240. The van der Waals surface area contributed by atoms with E-state index in [9.17, 15) is 4.79 Å². The molecule has 1 saturated heterocycles. The standard InChI is InChI=1S/C25H25ClN6OS/c26-20-14-21(25(33)30-15-17-4-5-19-18(13-17)6-8-29-24(19)27)34-22(20)16-31-9-11-32(12-10-31)23-3-1-2-7-28-23/h1-8,13-14H,9-12,15-16H2,(H2,27,29)(H,30,33). The maximum Gasteiger partial charge on any atom is 0.261 e. The number of nitrogens with one attached hydrogen (secondary N) is 1. The lowest BCUT2D eigenvalue weighted by Crippen LogP contribution is -2.46. The minimum atomic E-state index is -0.118. The number of carbonyl (C=O) groups excluding carboxylic acids is 1. The van der Waals surface area contributed by atoms with Crippen molar-refractivity contribution in [2.75, 3.05) is 36.8 Å². The fourth-order valence-electron chi connectivity index (χ4n) is 4.14. The fourth-order valence-corrected chi connectivity index (χ4v) is 5.50. The zero-order valence-corrected chi connectivity index (χ0v) is 20.1. The Bertz CT molecular complexity index is 1300. The van der Waals surface area contributed by atoms with Crippen LogP contribution in [0.4, 0.5) is 11.6 Å². The highest BCUT2D eigenvalue weighted by atomic mass is 35.5. The van der Waals surface area contributed by atoms with Gasteiger partial charge >= 0.3 is 0 Å². The second kappa shape index (κ2) is 9.97. The molecule has 1 amide bonds. The normalized spacial score (nSPS) is 14.4. The number of aromatic nitrogens is 2. The minimum absolute atomic E-state index is 0.118. The molecule has 0 atom stereocenters. The highest BCUT2D eigenvalue weighted by molar-refractivity contribution is 7.14. The van der Waals surface area contributed by atoms with E-state index in [0.29, 0.717) is 22.3 Å². The number of nitrogen functional groups attached to an aromatic ring is 1. The Balaban J connectivity index is 1.17. The molecule has 174 valence electrons. The summed E-state index contributed by atoms with van der Waals surface area (Å²) in [5.74, 6) is 1.40. The first-order valence-electron chi connectivity index (χ1n) is 11.1. The van der Waals surface area contributed by atoms with Crippen molar-refractivity contribution in [1.82, 2.24) is 20.2 Å². The lowest BCUT2D eigenvalue weighted by atomic mass is 10.1. The van der Waals surface area contributed by atoms with Gasteiger partial charge in [-0.05, 0) is 41.3 Å². The van der Waals surface area contributed by atoms with Crippen molar-refractivity contribution < 1.29 is 4.79 Å². The second-order valence-corrected chi connectivity index (χ2v) is 9.81. The maximum atomic E-state index is 12.8. The second-order valence-electron chi connectivity index (χ2n) is 8.27. The first kappa shape index (κ1) is 22.6. The van der Waals surface area contributed by atoms with Crippen molar-refractivity contribution in [3.05, 3.63) is 81.3 Å². The molecule has 4 heterocycles. The van der Waals surface area contributed by atoms with Crippen molar-refractivity contribution >= 4 is 51.3 Å². The molecule has 1 aliphatic rings. The van der Waals surface area contributed by atoms with Crippen LogP contribution in [0.15, 0.2) is 60.9 Å². The van der Waals surface area contributed by atoms with Crippen molar-refractivity contribution in [3.8, 4) is 0 Å². The summed E-state index contributed by atoms with van der Waals surface area (Å²) in [5.41, 5.74) is 6.92. The van der Waals surface area contributed by atoms with Crippen LogP contribution in [-0.2, 0) is 13.1 Å². The number of pyridine rings is 2. The Labute approximate surface area is 207 Å². The number of nitrogens with two attached hydrogens (primary N) is 1. The van der Waals surface area contributed by atoms with Gasteiger partial charge in [-0.25, -0.2) is 9.97 Å². The van der Waals surface area contributed by atoms with Crippen molar-refractivity contribution in [1.29, 1.82) is 0 Å². The highest BCUT2D eigenvalue weighted by Gasteiger charge is 2.21. The van der Waals surface area contributed by atoms with E-state index in [1.165, 1.54) is 11.3 Å². The zero-order chi connectivity index (χ0) is 23.5. The summed E-state index contributed by atoms with van der Waals surface area (Å²) in [5, 5.41) is 5.56. The van der Waals surface area contributed by atoms with E-state index in [1.54, 1.807) is 12.3 Å². The Morgan fingerprint density at radius 2 is 1.91 bits per heavy atom. The van der Waals surface area contributed by atoms with Crippen LogP contribution < -0.4 is 16.0 Å². The van der Waals surface area contributed by atoms with Gasteiger partial charge in [0.15, 0.2) is 0 Å². The quantitative estimate of drug-likeness (QED) is 0.420. The molecule has 0 radical (unpaired) electrons. The van der Waals surface area contributed by atoms with E-state index in [1.807, 2.05) is 48.7 Å². The van der Waals surface area contributed by atoms with Gasteiger partial charge in [0.25, 0.3) is 5.91 Å². The first-order chi connectivity index (χ1) is 16.6. The van der Waals surface area contributed by atoms with E-state index < -0.39 is 0 Å². The molecule has 1 aliphatic heterocycles. The Morgan fingerprint density at radius 3 is 2.71 bits per heavy atom. The molecule has 0 spiro atoms. The summed E-state index contributed by atoms with van der Waals surface area (Å²) >= 11 is 7.96. The van der Waals surface area contributed by atoms with Crippen LogP contribution >= 0.6 is 22.9 Å². The van der Waals surface area contributed by atoms with Gasteiger partial charge in [-0.15, -0.1) is 11.3 Å². The van der Waals surface area contributed by atoms with Gasteiger partial charge < -0.3 is 16.0 Å². The third-order valence-electron chi connectivity index (χ3n) is 6.01. The summed E-state index contributed by atoms with van der Waals surface area (Å²) in [4.78, 5) is 27.6. The molecule has 5 rings (SSSR count). The van der Waals surface area contributed by atoms with Crippen molar-refractivity contribution in [2.24, 2.45) is 0 Å². The van der Waals surface area contributed by atoms with Crippen LogP contribution in [0.2, 0.25) is 5.02 Å². The van der Waals surface area contributed by atoms with Crippen LogP contribution in [0.5, 0.6) is 0 Å². The largest absolute Gasteiger partial charge is 0.383 e. The van der Waals surface area contributed by atoms with Crippen molar-refractivity contribution in [2.45, 2.75) is 13.1 Å². The first-order valence-corrected chi connectivity index (χ1v) is 12.3.